The maximum Gasteiger partial charge on any atom is 0.190 e. The highest BCUT2D eigenvalue weighted by molar-refractivity contribution is 14.0. The van der Waals surface area contributed by atoms with Crippen molar-refractivity contribution in [1.82, 2.24) is 15.6 Å². The van der Waals surface area contributed by atoms with Gasteiger partial charge < -0.3 is 20.4 Å². The summed E-state index contributed by atoms with van der Waals surface area (Å²) in [5.41, 5.74) is 2.15. The van der Waals surface area contributed by atoms with E-state index in [9.17, 15) is 4.39 Å². The first-order valence-electron chi connectivity index (χ1n) is 10.2. The van der Waals surface area contributed by atoms with Gasteiger partial charge in [0.2, 0.25) is 0 Å². The van der Waals surface area contributed by atoms with E-state index < -0.39 is 0 Å². The first-order chi connectivity index (χ1) is 13.4. The van der Waals surface area contributed by atoms with Crippen LogP contribution in [0.2, 0.25) is 0 Å². The molecule has 1 saturated heterocycles. The van der Waals surface area contributed by atoms with Crippen molar-refractivity contribution in [2.75, 3.05) is 26.7 Å². The van der Waals surface area contributed by atoms with E-state index in [1.165, 1.54) is 24.1 Å². The van der Waals surface area contributed by atoms with Gasteiger partial charge in [0, 0.05) is 49.8 Å². The average Bonchev–Trinajstić information content (AvgIpc) is 3.06. The SMILES string of the molecule is CN=C(NCCc1c[nH]c2cc(F)ccc12)NCC1CCCOC1C(C)(C)C.I. The molecule has 1 aliphatic rings. The van der Waals surface area contributed by atoms with E-state index >= 15 is 0 Å². The molecular weight excluding hydrogens is 482 g/mol. The van der Waals surface area contributed by atoms with E-state index in [4.69, 9.17) is 4.74 Å². The molecular formula is C22H34FIN4O. The van der Waals surface area contributed by atoms with Crippen LogP contribution in [0.15, 0.2) is 29.4 Å². The van der Waals surface area contributed by atoms with Gasteiger partial charge in [0.05, 0.1) is 6.10 Å². The van der Waals surface area contributed by atoms with Crippen molar-refractivity contribution in [3.05, 3.63) is 35.8 Å². The topological polar surface area (TPSA) is 61.4 Å². The van der Waals surface area contributed by atoms with Gasteiger partial charge in [-0.1, -0.05) is 20.8 Å². The lowest BCUT2D eigenvalue weighted by atomic mass is 9.78. The lowest BCUT2D eigenvalue weighted by Gasteiger charge is -2.40. The number of hydrogen-bond donors (Lipinski definition) is 3. The fourth-order valence-corrected chi connectivity index (χ4v) is 4.14. The molecule has 0 aliphatic carbocycles. The number of rotatable bonds is 5. The highest BCUT2D eigenvalue weighted by atomic mass is 127. The summed E-state index contributed by atoms with van der Waals surface area (Å²) in [7, 11) is 1.79. The van der Waals surface area contributed by atoms with Crippen LogP contribution in [-0.4, -0.2) is 43.8 Å². The number of fused-ring (bicyclic) bond motifs is 1. The molecule has 2 aromatic rings. The summed E-state index contributed by atoms with van der Waals surface area (Å²) in [6, 6.07) is 4.87. The van der Waals surface area contributed by atoms with Crippen molar-refractivity contribution in [2.24, 2.45) is 16.3 Å². The first kappa shape index (κ1) is 23.9. The van der Waals surface area contributed by atoms with Crippen LogP contribution < -0.4 is 10.6 Å². The Balaban J connectivity index is 0.00000300. The quantitative estimate of drug-likeness (QED) is 0.312. The number of aliphatic imine (C=N–C) groups is 1. The molecule has 3 rings (SSSR count). The molecule has 3 N–H and O–H groups in total. The number of ether oxygens (including phenoxy) is 1. The summed E-state index contributed by atoms with van der Waals surface area (Å²) in [4.78, 5) is 7.49. The van der Waals surface area contributed by atoms with Crippen LogP contribution in [0.5, 0.6) is 0 Å². The molecule has 7 heteroatoms. The van der Waals surface area contributed by atoms with Gasteiger partial charge in [-0.05, 0) is 48.4 Å². The summed E-state index contributed by atoms with van der Waals surface area (Å²) < 4.78 is 19.4. The molecule has 1 aromatic carbocycles. The number of benzene rings is 1. The fraction of sp³-hybridized carbons (Fsp3) is 0.591. The highest BCUT2D eigenvalue weighted by Gasteiger charge is 2.35. The number of nitrogens with zero attached hydrogens (tertiary/aromatic N) is 1. The number of aromatic nitrogens is 1. The Morgan fingerprint density at radius 3 is 2.83 bits per heavy atom. The van der Waals surface area contributed by atoms with Gasteiger partial charge in [0.25, 0.3) is 0 Å². The minimum Gasteiger partial charge on any atom is -0.377 e. The molecule has 29 heavy (non-hydrogen) atoms. The Kier molecular flexibility index (Phi) is 8.75. The van der Waals surface area contributed by atoms with Crippen LogP contribution >= 0.6 is 24.0 Å². The zero-order chi connectivity index (χ0) is 20.1. The van der Waals surface area contributed by atoms with Crippen LogP contribution in [0.3, 0.4) is 0 Å². The Morgan fingerprint density at radius 2 is 2.10 bits per heavy atom. The molecule has 2 atom stereocenters. The van der Waals surface area contributed by atoms with Crippen molar-refractivity contribution in [3.8, 4) is 0 Å². The van der Waals surface area contributed by atoms with Gasteiger partial charge in [0.15, 0.2) is 5.96 Å². The third-order valence-electron chi connectivity index (χ3n) is 5.47. The molecule has 0 amide bonds. The van der Waals surface area contributed by atoms with Crippen molar-refractivity contribution >= 4 is 40.8 Å². The maximum absolute atomic E-state index is 13.3. The zero-order valence-corrected chi connectivity index (χ0v) is 20.2. The third kappa shape index (κ3) is 6.31. The molecule has 1 fully saturated rings. The van der Waals surface area contributed by atoms with Crippen molar-refractivity contribution < 1.29 is 9.13 Å². The summed E-state index contributed by atoms with van der Waals surface area (Å²) in [6.45, 7) is 9.21. The second kappa shape index (κ2) is 10.6. The number of guanidine groups is 1. The van der Waals surface area contributed by atoms with E-state index in [2.05, 4.69) is 41.4 Å². The summed E-state index contributed by atoms with van der Waals surface area (Å²) >= 11 is 0. The van der Waals surface area contributed by atoms with E-state index in [0.29, 0.717) is 5.92 Å². The number of hydrogen-bond acceptors (Lipinski definition) is 2. The third-order valence-corrected chi connectivity index (χ3v) is 5.47. The van der Waals surface area contributed by atoms with Crippen LogP contribution in [0, 0.1) is 17.2 Å². The normalized spacial score (nSPS) is 20.4. The van der Waals surface area contributed by atoms with Crippen molar-refractivity contribution in [1.29, 1.82) is 0 Å². The largest absolute Gasteiger partial charge is 0.377 e. The Morgan fingerprint density at radius 1 is 1.31 bits per heavy atom. The van der Waals surface area contributed by atoms with E-state index in [0.717, 1.165) is 49.4 Å². The Hall–Kier alpha value is -1.35. The van der Waals surface area contributed by atoms with Crippen molar-refractivity contribution in [2.45, 2.75) is 46.1 Å². The first-order valence-corrected chi connectivity index (χ1v) is 10.2. The fourth-order valence-electron chi connectivity index (χ4n) is 4.14. The smallest absolute Gasteiger partial charge is 0.190 e. The van der Waals surface area contributed by atoms with E-state index in [-0.39, 0.29) is 41.3 Å². The minimum absolute atomic E-state index is 0. The molecule has 1 aliphatic heterocycles. The molecule has 0 spiro atoms. The number of halogens is 2. The molecule has 1 aromatic heterocycles. The van der Waals surface area contributed by atoms with E-state index in [1.807, 2.05) is 12.3 Å². The van der Waals surface area contributed by atoms with Gasteiger partial charge >= 0.3 is 0 Å². The number of H-pyrrole nitrogens is 1. The standard InChI is InChI=1S/C22H33FN4O.HI/c1-22(2,3)20-16(6-5-11-28-20)14-27-21(24-4)25-10-9-15-13-26-19-12-17(23)7-8-18(15)19;/h7-8,12-13,16,20,26H,5-6,9-11,14H2,1-4H3,(H2,24,25,27);1H. The van der Waals surface area contributed by atoms with Crippen LogP contribution in [0.25, 0.3) is 10.9 Å². The Labute approximate surface area is 190 Å². The predicted molar refractivity (Wildman–Crippen MR) is 129 cm³/mol. The summed E-state index contributed by atoms with van der Waals surface area (Å²) in [5, 5.41) is 7.92. The van der Waals surface area contributed by atoms with Crippen LogP contribution in [0.4, 0.5) is 4.39 Å². The van der Waals surface area contributed by atoms with Crippen molar-refractivity contribution in [3.63, 3.8) is 0 Å². The van der Waals surface area contributed by atoms with Gasteiger partial charge in [-0.15, -0.1) is 24.0 Å². The van der Waals surface area contributed by atoms with Gasteiger partial charge in [-0.3, -0.25) is 4.99 Å². The lowest BCUT2D eigenvalue weighted by Crippen LogP contribution is -2.47. The molecule has 0 radical (unpaired) electrons. The van der Waals surface area contributed by atoms with Gasteiger partial charge in [-0.2, -0.15) is 0 Å². The average molecular weight is 516 g/mol. The van der Waals surface area contributed by atoms with E-state index in [1.54, 1.807) is 7.05 Å². The highest BCUT2D eigenvalue weighted by Crippen LogP contribution is 2.33. The predicted octanol–water partition coefficient (Wildman–Crippen LogP) is 4.47. The van der Waals surface area contributed by atoms with Crippen LogP contribution in [0.1, 0.15) is 39.2 Å². The Bertz CT molecular complexity index is 815. The summed E-state index contributed by atoms with van der Waals surface area (Å²) in [6.07, 6.45) is 5.35. The van der Waals surface area contributed by atoms with Crippen LogP contribution in [-0.2, 0) is 11.2 Å². The molecule has 2 unspecified atom stereocenters. The van der Waals surface area contributed by atoms with Gasteiger partial charge in [-0.25, -0.2) is 4.39 Å². The molecule has 0 bridgehead atoms. The zero-order valence-electron chi connectivity index (χ0n) is 17.8. The number of aromatic amines is 1. The van der Waals surface area contributed by atoms with Gasteiger partial charge in [0.1, 0.15) is 5.82 Å². The summed E-state index contributed by atoms with van der Waals surface area (Å²) in [5.74, 6) is 1.07. The molecule has 0 saturated carbocycles. The monoisotopic (exact) mass is 516 g/mol. The second-order valence-corrected chi connectivity index (χ2v) is 8.69. The number of nitrogens with one attached hydrogen (secondary N) is 3. The molecule has 162 valence electrons. The maximum atomic E-state index is 13.3. The second-order valence-electron chi connectivity index (χ2n) is 8.69. The minimum atomic E-state index is -0.219. The molecule has 2 heterocycles. The molecule has 5 nitrogen and oxygen atoms in total. The lowest BCUT2D eigenvalue weighted by molar-refractivity contribution is -0.0835.